The zero-order valence-electron chi connectivity index (χ0n) is 20.9. The molecule has 0 saturated carbocycles. The number of hydrogen-bond donors (Lipinski definition) is 3. The number of methoxy groups -OCH3 is 2. The molecule has 0 amide bonds. The smallest absolute Gasteiger partial charge is 0.356 e. The van der Waals surface area contributed by atoms with Crippen LogP contribution < -0.4 is 19.9 Å². The maximum Gasteiger partial charge on any atom is 0.356 e. The van der Waals surface area contributed by atoms with Crippen LogP contribution in [0.25, 0.3) is 11.4 Å². The molecule has 3 aromatic rings. The molecule has 2 aromatic carbocycles. The van der Waals surface area contributed by atoms with Gasteiger partial charge < -0.3 is 40.2 Å². The second kappa shape index (κ2) is 16.7. The van der Waals surface area contributed by atoms with Gasteiger partial charge in [-0.2, -0.15) is 0 Å². The number of nitrogens with one attached hydrogen (secondary N) is 1. The van der Waals surface area contributed by atoms with Crippen molar-refractivity contribution in [2.45, 2.75) is 31.9 Å². The molecule has 0 saturated heterocycles. The normalized spacial score (nSPS) is 11.6. The molecule has 1 aromatic heterocycles. The summed E-state index contributed by atoms with van der Waals surface area (Å²) in [6.07, 6.45) is 1.70. The second-order valence-corrected chi connectivity index (χ2v) is 7.74. The van der Waals surface area contributed by atoms with Crippen LogP contribution in [-0.4, -0.2) is 66.1 Å². The van der Waals surface area contributed by atoms with Crippen LogP contribution in [0, 0.1) is 0 Å². The topological polar surface area (TPSA) is 160 Å². The fourth-order valence-electron chi connectivity index (χ4n) is 3.49. The van der Waals surface area contributed by atoms with Gasteiger partial charge in [0, 0.05) is 11.6 Å². The van der Waals surface area contributed by atoms with Crippen molar-refractivity contribution < 1.29 is 34.3 Å². The van der Waals surface area contributed by atoms with Crippen molar-refractivity contribution in [3.05, 3.63) is 59.9 Å². The zero-order valence-corrected chi connectivity index (χ0v) is 22.6. The Balaban J connectivity index is 0.00000432. The molecule has 2 atom stereocenters. The fourth-order valence-corrected chi connectivity index (χ4v) is 3.49. The van der Waals surface area contributed by atoms with Crippen molar-refractivity contribution in [3.8, 4) is 28.6 Å². The summed E-state index contributed by atoms with van der Waals surface area (Å²) in [6, 6.07) is 12.6. The molecular weight excluding hydrogens is 525 g/mol. The second-order valence-electron chi connectivity index (χ2n) is 7.74. The van der Waals surface area contributed by atoms with Crippen LogP contribution in [0.2, 0.25) is 0 Å². The zero-order chi connectivity index (χ0) is 24.5. The number of imidazole rings is 1. The van der Waals surface area contributed by atoms with Crippen LogP contribution in [0.5, 0.6) is 17.2 Å². The summed E-state index contributed by atoms with van der Waals surface area (Å²) in [6.45, 7) is 2.16. The molecular formula is C25H35Cl2N3O7. The maximum atomic E-state index is 11.8. The number of aliphatic hydroxyl groups excluding tert-OH is 1. The summed E-state index contributed by atoms with van der Waals surface area (Å²) in [7, 11) is 3.18. The van der Waals surface area contributed by atoms with Crippen LogP contribution >= 0.6 is 24.8 Å². The summed E-state index contributed by atoms with van der Waals surface area (Å²) in [5.41, 5.74) is 8.32. The number of carbonyl (C=O) groups excluding carboxylic acids is 1. The van der Waals surface area contributed by atoms with Crippen LogP contribution in [-0.2, 0) is 11.2 Å². The van der Waals surface area contributed by atoms with E-state index in [2.05, 4.69) is 9.97 Å². The summed E-state index contributed by atoms with van der Waals surface area (Å²) < 4.78 is 21.2. The first-order valence-corrected chi connectivity index (χ1v) is 11.0. The predicted octanol–water partition coefficient (Wildman–Crippen LogP) is 2.99. The molecule has 0 spiro atoms. The summed E-state index contributed by atoms with van der Waals surface area (Å²) in [4.78, 5) is 18.9. The lowest BCUT2D eigenvalue weighted by Crippen LogP contribution is -2.31. The molecule has 6 N–H and O–H groups in total. The number of aromatic amines is 1. The molecule has 0 bridgehead atoms. The van der Waals surface area contributed by atoms with Gasteiger partial charge in [-0.1, -0.05) is 6.07 Å². The van der Waals surface area contributed by atoms with Crippen molar-refractivity contribution in [2.24, 2.45) is 5.73 Å². The third-order valence-electron chi connectivity index (χ3n) is 5.16. The number of H-pyrrole nitrogens is 1. The number of hydrogen-bond acceptors (Lipinski definition) is 8. The number of esters is 1. The lowest BCUT2D eigenvalue weighted by atomic mass is 10.0. The van der Waals surface area contributed by atoms with E-state index in [0.717, 1.165) is 11.1 Å². The molecule has 0 fully saturated rings. The number of aliphatic hydroxyl groups is 1. The maximum absolute atomic E-state index is 11.8. The first kappa shape index (κ1) is 34.0. The molecule has 0 aliphatic carbocycles. The van der Waals surface area contributed by atoms with Crippen LogP contribution in [0.4, 0.5) is 0 Å². The average molecular weight is 560 g/mol. The molecule has 0 aliphatic rings. The highest BCUT2D eigenvalue weighted by Gasteiger charge is 2.15. The number of ether oxygens (including phenoxy) is 4. The van der Waals surface area contributed by atoms with Crippen molar-refractivity contribution in [3.63, 3.8) is 0 Å². The Morgan fingerprint density at radius 1 is 1.08 bits per heavy atom. The van der Waals surface area contributed by atoms with Gasteiger partial charge in [-0.3, -0.25) is 0 Å². The third-order valence-corrected chi connectivity index (χ3v) is 5.16. The highest BCUT2D eigenvalue weighted by molar-refractivity contribution is 5.87. The van der Waals surface area contributed by atoms with E-state index < -0.39 is 12.1 Å². The van der Waals surface area contributed by atoms with Gasteiger partial charge in [-0.15, -0.1) is 24.8 Å². The summed E-state index contributed by atoms with van der Waals surface area (Å²) in [5.74, 6) is 2.01. The highest BCUT2D eigenvalue weighted by Crippen LogP contribution is 2.28. The van der Waals surface area contributed by atoms with Crippen molar-refractivity contribution in [1.82, 2.24) is 9.97 Å². The minimum atomic E-state index is -0.716. The van der Waals surface area contributed by atoms with Gasteiger partial charge in [-0.05, 0) is 61.7 Å². The van der Waals surface area contributed by atoms with E-state index in [9.17, 15) is 9.90 Å². The standard InChI is InChI=1S/C25H31N3O6.2ClH.H2O/c1-4-33-25(30)21-14-27-24(28-21)17-6-8-20(9-7-17)34-15-19(29)13-18(26)11-16-5-10-22(31-2)23(12-16)32-3;;;/h5-10,12,14,18-19,29H,4,11,13,15,26H2,1-3H3,(H,27,28);2*1H;1H2. The predicted molar refractivity (Wildman–Crippen MR) is 145 cm³/mol. The monoisotopic (exact) mass is 559 g/mol. The van der Waals surface area contributed by atoms with Crippen molar-refractivity contribution in [1.29, 1.82) is 0 Å². The van der Waals surface area contributed by atoms with Gasteiger partial charge in [0.15, 0.2) is 11.5 Å². The third kappa shape index (κ3) is 9.75. The molecule has 0 aliphatic heterocycles. The van der Waals surface area contributed by atoms with Crippen molar-refractivity contribution in [2.75, 3.05) is 27.4 Å². The van der Waals surface area contributed by atoms with E-state index in [1.54, 1.807) is 33.3 Å². The van der Waals surface area contributed by atoms with Gasteiger partial charge in [0.1, 0.15) is 23.9 Å². The molecule has 37 heavy (non-hydrogen) atoms. The lowest BCUT2D eigenvalue weighted by Gasteiger charge is -2.18. The van der Waals surface area contributed by atoms with Gasteiger partial charge >= 0.3 is 5.97 Å². The Bertz CT molecular complexity index is 1080. The number of rotatable bonds is 12. The minimum absolute atomic E-state index is 0. The summed E-state index contributed by atoms with van der Waals surface area (Å²) in [5, 5.41) is 10.4. The number of nitrogens with zero attached hydrogens (tertiary/aromatic N) is 1. The SMILES string of the molecule is CCOC(=O)c1cnc(-c2ccc(OCC(O)CC(N)Cc3ccc(OC)c(OC)c3)cc2)[nH]1.Cl.Cl.O. The van der Waals surface area contributed by atoms with Crippen LogP contribution in [0.1, 0.15) is 29.4 Å². The van der Waals surface area contributed by atoms with Gasteiger partial charge in [0.2, 0.25) is 0 Å². The Labute approximate surface area is 228 Å². The average Bonchev–Trinajstić information content (AvgIpc) is 3.33. The number of benzene rings is 2. The molecule has 0 radical (unpaired) electrons. The molecule has 206 valence electrons. The molecule has 3 rings (SSSR count). The first-order chi connectivity index (χ1) is 16.4. The highest BCUT2D eigenvalue weighted by atomic mass is 35.5. The fraction of sp³-hybridized carbons (Fsp3) is 0.360. The van der Waals surface area contributed by atoms with Gasteiger partial charge in [0.05, 0.1) is 33.1 Å². The minimum Gasteiger partial charge on any atom is -0.493 e. The Morgan fingerprint density at radius 3 is 2.38 bits per heavy atom. The lowest BCUT2D eigenvalue weighted by molar-refractivity contribution is 0.0520. The molecule has 2 unspecified atom stereocenters. The van der Waals surface area contributed by atoms with E-state index in [4.69, 9.17) is 24.7 Å². The van der Waals surface area contributed by atoms with E-state index in [1.165, 1.54) is 6.20 Å². The van der Waals surface area contributed by atoms with E-state index in [0.29, 0.717) is 48.2 Å². The van der Waals surface area contributed by atoms with Crippen molar-refractivity contribution >= 4 is 30.8 Å². The number of nitrogens with two attached hydrogens (primary N) is 1. The molecule has 10 nitrogen and oxygen atoms in total. The van der Waals surface area contributed by atoms with Crippen LogP contribution in [0.15, 0.2) is 48.7 Å². The number of halogens is 2. The van der Waals surface area contributed by atoms with Crippen LogP contribution in [0.3, 0.4) is 0 Å². The number of aromatic nitrogens is 2. The Hall–Kier alpha value is -3.02. The van der Waals surface area contributed by atoms with E-state index >= 15 is 0 Å². The molecule has 1 heterocycles. The van der Waals surface area contributed by atoms with Gasteiger partial charge in [-0.25, -0.2) is 9.78 Å². The molecule has 12 heteroatoms. The number of carbonyl (C=O) groups is 1. The first-order valence-electron chi connectivity index (χ1n) is 11.0. The quantitative estimate of drug-likeness (QED) is 0.285. The Kier molecular flexibility index (Phi) is 15.3. The Morgan fingerprint density at radius 2 is 1.76 bits per heavy atom. The summed E-state index contributed by atoms with van der Waals surface area (Å²) >= 11 is 0. The van der Waals surface area contributed by atoms with E-state index in [-0.39, 0.29) is 42.9 Å². The van der Waals surface area contributed by atoms with E-state index in [1.807, 2.05) is 30.3 Å². The van der Waals surface area contributed by atoms with Gasteiger partial charge in [0.25, 0.3) is 0 Å². The largest absolute Gasteiger partial charge is 0.493 e.